The molecular weight excluding hydrogens is 250 g/mol. The van der Waals surface area contributed by atoms with Crippen molar-refractivity contribution in [1.82, 2.24) is 0 Å². The van der Waals surface area contributed by atoms with Gasteiger partial charge in [-0.2, -0.15) is 0 Å². The second kappa shape index (κ2) is 6.04. The topological polar surface area (TPSA) is 32.7 Å². The minimum absolute atomic E-state index is 0.266. The van der Waals surface area contributed by atoms with Gasteiger partial charge < -0.3 is 14.7 Å². The van der Waals surface area contributed by atoms with E-state index in [2.05, 4.69) is 51.7 Å². The van der Waals surface area contributed by atoms with Crippen LogP contribution in [0, 0.1) is 0 Å². The van der Waals surface area contributed by atoms with Crippen molar-refractivity contribution in [3.63, 3.8) is 0 Å². The van der Waals surface area contributed by atoms with Crippen molar-refractivity contribution in [2.75, 3.05) is 24.6 Å². The van der Waals surface area contributed by atoms with Crippen molar-refractivity contribution in [2.45, 2.75) is 52.6 Å². The summed E-state index contributed by atoms with van der Waals surface area (Å²) in [7, 11) is 0. The van der Waals surface area contributed by atoms with E-state index >= 15 is 0 Å². The lowest BCUT2D eigenvalue weighted by atomic mass is 9.92. The number of rotatable bonds is 3. The third kappa shape index (κ3) is 3.09. The summed E-state index contributed by atoms with van der Waals surface area (Å²) in [6, 6.07) is 4.29. The molecule has 0 bridgehead atoms. The second-order valence-electron chi connectivity index (χ2n) is 6.41. The van der Waals surface area contributed by atoms with Gasteiger partial charge in [0.25, 0.3) is 0 Å². The molecule has 2 rings (SSSR count). The van der Waals surface area contributed by atoms with Crippen LogP contribution < -0.4 is 4.90 Å². The molecule has 0 aliphatic carbocycles. The first-order chi connectivity index (χ1) is 9.40. The van der Waals surface area contributed by atoms with Crippen LogP contribution in [0.15, 0.2) is 12.1 Å². The van der Waals surface area contributed by atoms with Crippen LogP contribution in [0.4, 0.5) is 5.69 Å². The smallest absolute Gasteiger partial charge is 0.122 e. The maximum atomic E-state index is 10.5. The number of ether oxygens (including phenoxy) is 1. The Balaban J connectivity index is 2.42. The highest BCUT2D eigenvalue weighted by atomic mass is 16.5. The third-order valence-corrected chi connectivity index (χ3v) is 4.00. The van der Waals surface area contributed by atoms with E-state index in [1.807, 2.05) is 0 Å². The molecule has 1 aromatic carbocycles. The van der Waals surface area contributed by atoms with Gasteiger partial charge in [0, 0.05) is 18.8 Å². The number of morpholine rings is 1. The minimum Gasteiger partial charge on any atom is -0.507 e. The van der Waals surface area contributed by atoms with Gasteiger partial charge in [0.15, 0.2) is 0 Å². The highest BCUT2D eigenvalue weighted by Gasteiger charge is 2.21. The Morgan fingerprint density at radius 2 is 1.70 bits per heavy atom. The number of nitrogens with zero attached hydrogens (tertiary/aromatic N) is 1. The second-order valence-corrected chi connectivity index (χ2v) is 6.41. The van der Waals surface area contributed by atoms with Gasteiger partial charge in [0.1, 0.15) is 5.75 Å². The number of anilines is 1. The van der Waals surface area contributed by atoms with Gasteiger partial charge in [0.05, 0.1) is 12.7 Å². The lowest BCUT2D eigenvalue weighted by Gasteiger charge is -2.34. The SMILES string of the molecule is CC(C)c1cc(N2CCO[C@H](C)C2)cc(C(C)C)c1O. The predicted octanol–water partition coefficient (Wildman–Crippen LogP) is 3.86. The molecule has 0 radical (unpaired) electrons. The molecule has 1 heterocycles. The minimum atomic E-state index is 0.266. The zero-order chi connectivity index (χ0) is 14.9. The van der Waals surface area contributed by atoms with Gasteiger partial charge in [-0.3, -0.25) is 0 Å². The molecule has 0 amide bonds. The average molecular weight is 277 g/mol. The van der Waals surface area contributed by atoms with Crippen LogP contribution in [-0.4, -0.2) is 30.9 Å². The number of phenols is 1. The lowest BCUT2D eigenvalue weighted by molar-refractivity contribution is 0.0532. The molecule has 1 aliphatic heterocycles. The van der Waals surface area contributed by atoms with E-state index in [1.165, 1.54) is 5.69 Å². The Bertz CT molecular complexity index is 439. The first-order valence-electron chi connectivity index (χ1n) is 7.63. The molecule has 0 aromatic heterocycles. The molecule has 112 valence electrons. The third-order valence-electron chi connectivity index (χ3n) is 4.00. The first kappa shape index (κ1) is 15.2. The molecule has 20 heavy (non-hydrogen) atoms. The molecule has 1 N–H and O–H groups in total. The van der Waals surface area contributed by atoms with Crippen LogP contribution >= 0.6 is 0 Å². The van der Waals surface area contributed by atoms with Gasteiger partial charge in [-0.15, -0.1) is 0 Å². The van der Waals surface area contributed by atoms with Crippen molar-refractivity contribution in [2.24, 2.45) is 0 Å². The van der Waals surface area contributed by atoms with Gasteiger partial charge in [0.2, 0.25) is 0 Å². The number of phenolic OH excluding ortho intramolecular Hbond substituents is 1. The summed E-state index contributed by atoms with van der Waals surface area (Å²) in [5.74, 6) is 1.12. The van der Waals surface area contributed by atoms with E-state index in [-0.39, 0.29) is 6.10 Å². The molecule has 0 spiro atoms. The molecule has 1 aromatic rings. The summed E-state index contributed by atoms with van der Waals surface area (Å²) in [5.41, 5.74) is 3.31. The molecular formula is C17H27NO2. The van der Waals surface area contributed by atoms with Gasteiger partial charge in [-0.05, 0) is 42.0 Å². The average Bonchev–Trinajstić information content (AvgIpc) is 2.38. The van der Waals surface area contributed by atoms with Crippen molar-refractivity contribution < 1.29 is 9.84 Å². The fourth-order valence-electron chi connectivity index (χ4n) is 2.78. The van der Waals surface area contributed by atoms with Crippen LogP contribution in [0.25, 0.3) is 0 Å². The highest BCUT2D eigenvalue weighted by Crippen LogP contribution is 2.37. The van der Waals surface area contributed by atoms with Gasteiger partial charge in [-0.25, -0.2) is 0 Å². The molecule has 3 nitrogen and oxygen atoms in total. The number of hydrogen-bond acceptors (Lipinski definition) is 3. The summed E-state index contributed by atoms with van der Waals surface area (Å²) < 4.78 is 5.62. The van der Waals surface area contributed by atoms with E-state index in [9.17, 15) is 5.11 Å². The van der Waals surface area contributed by atoms with E-state index in [0.717, 1.165) is 30.8 Å². The Hall–Kier alpha value is -1.22. The summed E-state index contributed by atoms with van der Waals surface area (Å²) in [6.45, 7) is 13.2. The summed E-state index contributed by atoms with van der Waals surface area (Å²) >= 11 is 0. The summed E-state index contributed by atoms with van der Waals surface area (Å²) in [6.07, 6.45) is 0.266. The van der Waals surface area contributed by atoms with E-state index < -0.39 is 0 Å². The van der Waals surface area contributed by atoms with Gasteiger partial charge in [-0.1, -0.05) is 27.7 Å². The molecule has 1 aliphatic rings. The van der Waals surface area contributed by atoms with Gasteiger partial charge >= 0.3 is 0 Å². The van der Waals surface area contributed by atoms with Crippen molar-refractivity contribution in [1.29, 1.82) is 0 Å². The predicted molar refractivity (Wildman–Crippen MR) is 83.9 cm³/mol. The van der Waals surface area contributed by atoms with E-state index in [1.54, 1.807) is 0 Å². The zero-order valence-corrected chi connectivity index (χ0v) is 13.3. The normalized spacial score (nSPS) is 19.9. The quantitative estimate of drug-likeness (QED) is 0.910. The van der Waals surface area contributed by atoms with Crippen molar-refractivity contribution in [3.05, 3.63) is 23.3 Å². The van der Waals surface area contributed by atoms with Crippen LogP contribution in [0.5, 0.6) is 5.75 Å². The monoisotopic (exact) mass is 277 g/mol. The maximum absolute atomic E-state index is 10.5. The van der Waals surface area contributed by atoms with Crippen LogP contribution in [0.2, 0.25) is 0 Å². The van der Waals surface area contributed by atoms with E-state index in [4.69, 9.17) is 4.74 Å². The molecule has 1 fully saturated rings. The zero-order valence-electron chi connectivity index (χ0n) is 13.3. The van der Waals surface area contributed by atoms with Crippen LogP contribution in [0.1, 0.15) is 57.6 Å². The summed E-state index contributed by atoms with van der Waals surface area (Å²) in [5, 5.41) is 10.5. The fourth-order valence-corrected chi connectivity index (χ4v) is 2.78. The Morgan fingerprint density at radius 3 is 2.15 bits per heavy atom. The molecule has 1 saturated heterocycles. The van der Waals surface area contributed by atoms with Crippen molar-refractivity contribution in [3.8, 4) is 5.75 Å². The lowest BCUT2D eigenvalue weighted by Crippen LogP contribution is -2.41. The molecule has 3 heteroatoms. The number of hydrogen-bond donors (Lipinski definition) is 1. The number of benzene rings is 1. The summed E-state index contributed by atoms with van der Waals surface area (Å²) in [4.78, 5) is 2.37. The van der Waals surface area contributed by atoms with E-state index in [0.29, 0.717) is 17.6 Å². The maximum Gasteiger partial charge on any atom is 0.122 e. The standard InChI is InChI=1S/C17H27NO2/c1-11(2)15-8-14(9-16(12(3)4)17(15)19)18-6-7-20-13(5)10-18/h8-9,11-13,19H,6-7,10H2,1-5H3/t13-/m1/s1. The Morgan fingerprint density at radius 1 is 1.15 bits per heavy atom. The largest absolute Gasteiger partial charge is 0.507 e. The Labute approximate surface area is 122 Å². The first-order valence-corrected chi connectivity index (χ1v) is 7.63. The van der Waals surface area contributed by atoms with Crippen molar-refractivity contribution >= 4 is 5.69 Å². The molecule has 0 saturated carbocycles. The highest BCUT2D eigenvalue weighted by molar-refractivity contribution is 5.59. The fraction of sp³-hybridized carbons (Fsp3) is 0.647. The van der Waals surface area contributed by atoms with Crippen LogP contribution in [0.3, 0.4) is 0 Å². The molecule has 0 unspecified atom stereocenters. The number of aromatic hydroxyl groups is 1. The Kier molecular flexibility index (Phi) is 4.59. The molecule has 1 atom stereocenters. The van der Waals surface area contributed by atoms with Crippen LogP contribution in [-0.2, 0) is 4.74 Å².